The molecule has 3 rings (SSSR count). The maximum absolute atomic E-state index is 13.1. The van der Waals surface area contributed by atoms with Crippen LogP contribution in [-0.4, -0.2) is 34.1 Å². The first-order chi connectivity index (χ1) is 12.8. The quantitative estimate of drug-likeness (QED) is 0.639. The number of anilines is 1. The van der Waals surface area contributed by atoms with E-state index < -0.39 is 9.84 Å². The Balaban J connectivity index is 2.07. The zero-order valence-electron chi connectivity index (χ0n) is 15.8. The first kappa shape index (κ1) is 19.0. The predicted molar refractivity (Wildman–Crippen MR) is 104 cm³/mol. The maximum atomic E-state index is 13.1. The lowest BCUT2D eigenvalue weighted by molar-refractivity contribution is 0.340. The molecule has 1 aromatic heterocycles. The van der Waals surface area contributed by atoms with Crippen molar-refractivity contribution in [3.8, 4) is 17.2 Å². The van der Waals surface area contributed by atoms with Gasteiger partial charge in [-0.25, -0.2) is 8.42 Å². The van der Waals surface area contributed by atoms with Gasteiger partial charge in [0.25, 0.3) is 0 Å². The van der Waals surface area contributed by atoms with Gasteiger partial charge < -0.3 is 14.1 Å². The highest BCUT2D eigenvalue weighted by Crippen LogP contribution is 2.34. The Labute approximate surface area is 159 Å². The third-order valence-corrected chi connectivity index (χ3v) is 5.65. The van der Waals surface area contributed by atoms with Crippen LogP contribution in [0.5, 0.6) is 5.75 Å². The van der Waals surface area contributed by atoms with Gasteiger partial charge in [-0.1, -0.05) is 17.7 Å². The summed E-state index contributed by atoms with van der Waals surface area (Å²) in [5.41, 5.74) is 1.66. The Morgan fingerprint density at radius 3 is 2.22 bits per heavy atom. The van der Waals surface area contributed by atoms with Gasteiger partial charge in [0.2, 0.25) is 26.6 Å². The normalized spacial score (nSPS) is 11.4. The van der Waals surface area contributed by atoms with E-state index in [1.54, 1.807) is 67.5 Å². The molecule has 0 aliphatic heterocycles. The minimum Gasteiger partial charge on any atom is -0.494 e. The molecule has 0 fully saturated rings. The summed E-state index contributed by atoms with van der Waals surface area (Å²) in [5.74, 6) is 1.17. The number of hydrogen-bond acceptors (Lipinski definition) is 6. The summed E-state index contributed by atoms with van der Waals surface area (Å²) >= 11 is 0. The summed E-state index contributed by atoms with van der Waals surface area (Å²) in [7, 11) is -0.369. The second-order valence-electron chi connectivity index (χ2n) is 6.30. The van der Waals surface area contributed by atoms with Crippen LogP contribution in [0.15, 0.2) is 62.9 Å². The average Bonchev–Trinajstić information content (AvgIpc) is 3.10. The molecule has 0 unspecified atom stereocenters. The molecule has 2 aromatic carbocycles. The topological polar surface area (TPSA) is 72.6 Å². The van der Waals surface area contributed by atoms with Gasteiger partial charge in [0.1, 0.15) is 5.75 Å². The molecule has 3 aromatic rings. The van der Waals surface area contributed by atoms with E-state index in [-0.39, 0.29) is 21.7 Å². The van der Waals surface area contributed by atoms with E-state index in [1.165, 1.54) is 0 Å². The molecule has 0 amide bonds. The van der Waals surface area contributed by atoms with Crippen molar-refractivity contribution in [3.63, 3.8) is 0 Å². The highest BCUT2D eigenvalue weighted by Gasteiger charge is 2.29. The fourth-order valence-electron chi connectivity index (χ4n) is 2.57. The van der Waals surface area contributed by atoms with Crippen molar-refractivity contribution < 1.29 is 17.6 Å². The maximum Gasteiger partial charge on any atom is 0.235 e. The molecule has 0 bridgehead atoms. The van der Waals surface area contributed by atoms with Crippen LogP contribution in [0.25, 0.3) is 11.5 Å². The molecule has 0 atom stereocenters. The van der Waals surface area contributed by atoms with Crippen LogP contribution in [0.1, 0.15) is 12.5 Å². The Morgan fingerprint density at radius 2 is 1.67 bits per heavy atom. The number of ether oxygens (including phenoxy) is 1. The first-order valence-corrected chi connectivity index (χ1v) is 10.0. The zero-order valence-corrected chi connectivity index (χ0v) is 16.6. The summed E-state index contributed by atoms with van der Waals surface area (Å²) in [4.78, 5) is 6.10. The molecular formula is C20H22N2O4S. The van der Waals surface area contributed by atoms with Crippen molar-refractivity contribution >= 4 is 15.7 Å². The molecular weight excluding hydrogens is 364 g/mol. The van der Waals surface area contributed by atoms with Crippen molar-refractivity contribution in [2.24, 2.45) is 0 Å². The van der Waals surface area contributed by atoms with Gasteiger partial charge in [-0.2, -0.15) is 4.98 Å². The summed E-state index contributed by atoms with van der Waals surface area (Å²) < 4.78 is 37.4. The van der Waals surface area contributed by atoms with E-state index in [9.17, 15) is 8.42 Å². The summed E-state index contributed by atoms with van der Waals surface area (Å²) in [6.45, 7) is 4.39. The van der Waals surface area contributed by atoms with Crippen LogP contribution < -0.4 is 9.64 Å². The van der Waals surface area contributed by atoms with Gasteiger partial charge >= 0.3 is 0 Å². The van der Waals surface area contributed by atoms with E-state index >= 15 is 0 Å². The minimum absolute atomic E-state index is 0.0970. The monoisotopic (exact) mass is 386 g/mol. The molecule has 0 saturated heterocycles. The SMILES string of the molecule is CCOc1ccc(-c2nc(S(=O)(=O)c3ccc(C)cc3)c(N(C)C)o2)cc1. The number of aryl methyl sites for hydroxylation is 1. The Morgan fingerprint density at radius 1 is 1.04 bits per heavy atom. The summed E-state index contributed by atoms with van der Waals surface area (Å²) in [5, 5.41) is -0.0970. The third-order valence-electron chi connectivity index (χ3n) is 3.98. The van der Waals surface area contributed by atoms with Crippen LogP contribution in [0.4, 0.5) is 5.88 Å². The van der Waals surface area contributed by atoms with E-state index in [0.29, 0.717) is 12.2 Å². The van der Waals surface area contributed by atoms with Crippen molar-refractivity contribution in [2.45, 2.75) is 23.8 Å². The number of hydrogen-bond donors (Lipinski definition) is 0. The molecule has 0 spiro atoms. The number of sulfone groups is 1. The van der Waals surface area contributed by atoms with Crippen LogP contribution >= 0.6 is 0 Å². The van der Waals surface area contributed by atoms with E-state index in [2.05, 4.69) is 4.98 Å². The molecule has 6 nitrogen and oxygen atoms in total. The van der Waals surface area contributed by atoms with Gasteiger partial charge in [-0.3, -0.25) is 0 Å². The second-order valence-corrected chi connectivity index (χ2v) is 8.16. The molecule has 142 valence electrons. The van der Waals surface area contributed by atoms with Crippen LogP contribution in [-0.2, 0) is 9.84 Å². The molecule has 0 saturated carbocycles. The lowest BCUT2D eigenvalue weighted by Crippen LogP contribution is -2.13. The number of benzene rings is 2. The van der Waals surface area contributed by atoms with E-state index in [4.69, 9.17) is 9.15 Å². The van der Waals surface area contributed by atoms with Crippen LogP contribution in [0.2, 0.25) is 0 Å². The van der Waals surface area contributed by atoms with Gasteiger partial charge in [0, 0.05) is 19.7 Å². The standard InChI is InChI=1S/C20H22N2O4S/c1-5-25-16-10-8-15(9-11-16)18-21-19(20(26-18)22(3)4)27(23,24)17-12-6-14(2)7-13-17/h6-13H,5H2,1-4H3. The first-order valence-electron chi connectivity index (χ1n) is 8.56. The Hall–Kier alpha value is -2.80. The van der Waals surface area contributed by atoms with Crippen molar-refractivity contribution in [2.75, 3.05) is 25.6 Å². The highest BCUT2D eigenvalue weighted by atomic mass is 32.2. The largest absolute Gasteiger partial charge is 0.494 e. The van der Waals surface area contributed by atoms with Crippen molar-refractivity contribution in [1.29, 1.82) is 0 Å². The second kappa shape index (κ2) is 7.44. The fourth-order valence-corrected chi connectivity index (χ4v) is 3.94. The Kier molecular flexibility index (Phi) is 5.23. The molecule has 0 N–H and O–H groups in total. The minimum atomic E-state index is -3.81. The molecule has 27 heavy (non-hydrogen) atoms. The average molecular weight is 386 g/mol. The lowest BCUT2D eigenvalue weighted by atomic mass is 10.2. The fraction of sp³-hybridized carbons (Fsp3) is 0.250. The molecule has 7 heteroatoms. The van der Waals surface area contributed by atoms with E-state index in [0.717, 1.165) is 11.3 Å². The zero-order chi connectivity index (χ0) is 19.6. The van der Waals surface area contributed by atoms with Gasteiger partial charge in [0.15, 0.2) is 0 Å². The lowest BCUT2D eigenvalue weighted by Gasteiger charge is -2.10. The third kappa shape index (κ3) is 3.83. The van der Waals surface area contributed by atoms with Crippen molar-refractivity contribution in [3.05, 3.63) is 54.1 Å². The number of oxazole rings is 1. The number of aromatic nitrogens is 1. The van der Waals surface area contributed by atoms with Gasteiger partial charge in [-0.15, -0.1) is 0 Å². The highest BCUT2D eigenvalue weighted by molar-refractivity contribution is 7.91. The Bertz CT molecular complexity index is 1020. The van der Waals surface area contributed by atoms with E-state index in [1.807, 2.05) is 13.8 Å². The molecule has 0 aliphatic rings. The van der Waals surface area contributed by atoms with Gasteiger partial charge in [0.05, 0.1) is 11.5 Å². The summed E-state index contributed by atoms with van der Waals surface area (Å²) in [6.07, 6.45) is 0. The smallest absolute Gasteiger partial charge is 0.235 e. The molecule has 0 radical (unpaired) electrons. The number of rotatable bonds is 6. The predicted octanol–water partition coefficient (Wildman–Crippen LogP) is 3.95. The molecule has 1 heterocycles. The van der Waals surface area contributed by atoms with Crippen LogP contribution in [0, 0.1) is 6.92 Å². The van der Waals surface area contributed by atoms with Gasteiger partial charge in [-0.05, 0) is 50.2 Å². The van der Waals surface area contributed by atoms with Crippen LogP contribution in [0.3, 0.4) is 0 Å². The number of nitrogens with zero attached hydrogens (tertiary/aromatic N) is 2. The van der Waals surface area contributed by atoms with Crippen molar-refractivity contribution in [1.82, 2.24) is 4.98 Å². The summed E-state index contributed by atoms with van der Waals surface area (Å²) in [6, 6.07) is 13.9. The molecule has 0 aliphatic carbocycles.